The fourth-order valence-corrected chi connectivity index (χ4v) is 1.92. The molecule has 0 saturated heterocycles. The van der Waals surface area contributed by atoms with Crippen molar-refractivity contribution in [3.63, 3.8) is 0 Å². The van der Waals surface area contributed by atoms with Gasteiger partial charge in [-0.3, -0.25) is 4.79 Å². The summed E-state index contributed by atoms with van der Waals surface area (Å²) < 4.78 is 0. The monoisotopic (exact) mass is 220 g/mol. The summed E-state index contributed by atoms with van der Waals surface area (Å²) >= 11 is 0. The molecule has 0 saturated carbocycles. The molecule has 86 valence electrons. The predicted octanol–water partition coefficient (Wildman–Crippen LogP) is 1.85. The molecule has 4 nitrogen and oxygen atoms in total. The minimum Gasteiger partial charge on any atom is -0.481 e. The van der Waals surface area contributed by atoms with Crippen LogP contribution in [0.1, 0.15) is 30.5 Å². The van der Waals surface area contributed by atoms with E-state index in [9.17, 15) is 4.79 Å². The number of nitrogens with zero attached hydrogens (tertiary/aromatic N) is 1. The average Bonchev–Trinajstić information content (AvgIpc) is 2.71. The molecule has 0 aliphatic carbocycles. The van der Waals surface area contributed by atoms with Crippen molar-refractivity contribution in [3.05, 3.63) is 23.4 Å². The highest BCUT2D eigenvalue weighted by atomic mass is 16.4. The topological polar surface area (TPSA) is 62.2 Å². The molecular formula is C12H16N2O2. The first kappa shape index (κ1) is 10.9. The Labute approximate surface area is 94.7 Å². The highest BCUT2D eigenvalue weighted by Crippen LogP contribution is 2.20. The van der Waals surface area contributed by atoms with Crippen LogP contribution in [0.15, 0.2) is 12.1 Å². The minimum atomic E-state index is -0.719. The number of carboxylic acids is 1. The molecule has 0 spiro atoms. The van der Waals surface area contributed by atoms with E-state index in [4.69, 9.17) is 5.11 Å². The SMILES string of the molecule is O=C(O)CCCCc1ccc2c(n1)NCC2. The first-order valence-electron chi connectivity index (χ1n) is 5.70. The molecule has 0 atom stereocenters. The molecule has 2 heterocycles. The van der Waals surface area contributed by atoms with Crippen molar-refractivity contribution >= 4 is 11.8 Å². The quantitative estimate of drug-likeness (QED) is 0.743. The van der Waals surface area contributed by atoms with Crippen LogP contribution >= 0.6 is 0 Å². The normalized spacial score (nSPS) is 13.2. The summed E-state index contributed by atoms with van der Waals surface area (Å²) in [5, 5.41) is 11.8. The number of pyridine rings is 1. The molecule has 0 aromatic carbocycles. The summed E-state index contributed by atoms with van der Waals surface area (Å²) in [7, 11) is 0. The van der Waals surface area contributed by atoms with Crippen LogP contribution in [0.4, 0.5) is 5.82 Å². The van der Waals surface area contributed by atoms with Gasteiger partial charge in [0.05, 0.1) is 0 Å². The molecule has 0 unspecified atom stereocenters. The number of rotatable bonds is 5. The fourth-order valence-electron chi connectivity index (χ4n) is 1.92. The van der Waals surface area contributed by atoms with E-state index in [1.165, 1.54) is 5.56 Å². The van der Waals surface area contributed by atoms with E-state index in [0.29, 0.717) is 0 Å². The molecule has 1 aromatic heterocycles. The van der Waals surface area contributed by atoms with Crippen molar-refractivity contribution in [1.29, 1.82) is 0 Å². The maximum atomic E-state index is 10.3. The molecule has 4 heteroatoms. The number of carboxylic acid groups (broad SMARTS) is 1. The van der Waals surface area contributed by atoms with Gasteiger partial charge in [-0.1, -0.05) is 6.07 Å². The summed E-state index contributed by atoms with van der Waals surface area (Å²) in [5.74, 6) is 0.291. The molecule has 16 heavy (non-hydrogen) atoms. The molecular weight excluding hydrogens is 204 g/mol. The number of aromatic nitrogens is 1. The number of unbranched alkanes of at least 4 members (excludes halogenated alkanes) is 1. The van der Waals surface area contributed by atoms with E-state index in [2.05, 4.69) is 16.4 Å². The Morgan fingerprint density at radius 3 is 3.12 bits per heavy atom. The average molecular weight is 220 g/mol. The number of nitrogens with one attached hydrogen (secondary N) is 1. The highest BCUT2D eigenvalue weighted by molar-refractivity contribution is 5.66. The Morgan fingerprint density at radius 1 is 1.44 bits per heavy atom. The van der Waals surface area contributed by atoms with Gasteiger partial charge in [-0.2, -0.15) is 0 Å². The largest absolute Gasteiger partial charge is 0.481 e. The van der Waals surface area contributed by atoms with Gasteiger partial charge in [0.15, 0.2) is 0 Å². The van der Waals surface area contributed by atoms with Crippen LogP contribution in [-0.2, 0) is 17.6 Å². The lowest BCUT2D eigenvalue weighted by Gasteiger charge is -2.03. The van der Waals surface area contributed by atoms with Crippen LogP contribution in [0.5, 0.6) is 0 Å². The van der Waals surface area contributed by atoms with Crippen molar-refractivity contribution in [3.8, 4) is 0 Å². The first-order chi connectivity index (χ1) is 7.75. The molecule has 1 aromatic rings. The minimum absolute atomic E-state index is 0.253. The number of anilines is 1. The van der Waals surface area contributed by atoms with Gasteiger partial charge in [-0.15, -0.1) is 0 Å². The molecule has 0 bridgehead atoms. The third-order valence-electron chi connectivity index (χ3n) is 2.80. The molecule has 0 fully saturated rings. The zero-order chi connectivity index (χ0) is 11.4. The number of aryl methyl sites for hydroxylation is 1. The van der Waals surface area contributed by atoms with Crippen molar-refractivity contribution in [2.45, 2.75) is 32.1 Å². The molecule has 2 rings (SSSR count). The number of hydrogen-bond donors (Lipinski definition) is 2. The predicted molar refractivity (Wildman–Crippen MR) is 61.6 cm³/mol. The van der Waals surface area contributed by atoms with Gasteiger partial charge in [0.25, 0.3) is 0 Å². The van der Waals surface area contributed by atoms with E-state index in [0.717, 1.165) is 43.7 Å². The summed E-state index contributed by atoms with van der Waals surface area (Å²) in [6.07, 6.45) is 3.78. The third kappa shape index (κ3) is 2.72. The summed E-state index contributed by atoms with van der Waals surface area (Å²) in [4.78, 5) is 14.8. The number of fused-ring (bicyclic) bond motifs is 1. The lowest BCUT2D eigenvalue weighted by molar-refractivity contribution is -0.137. The van der Waals surface area contributed by atoms with Crippen LogP contribution in [0.2, 0.25) is 0 Å². The van der Waals surface area contributed by atoms with Gasteiger partial charge >= 0.3 is 5.97 Å². The molecule has 0 radical (unpaired) electrons. The molecule has 1 aliphatic heterocycles. The van der Waals surface area contributed by atoms with Crippen molar-refractivity contribution in [2.75, 3.05) is 11.9 Å². The second-order valence-electron chi connectivity index (χ2n) is 4.09. The molecule has 0 amide bonds. The number of carbonyl (C=O) groups is 1. The summed E-state index contributed by atoms with van der Waals surface area (Å²) in [6.45, 7) is 0.977. The van der Waals surface area contributed by atoms with Gasteiger partial charge in [-0.05, 0) is 37.3 Å². The molecule has 1 aliphatic rings. The zero-order valence-electron chi connectivity index (χ0n) is 9.20. The van der Waals surface area contributed by atoms with Crippen molar-refractivity contribution < 1.29 is 9.90 Å². The first-order valence-corrected chi connectivity index (χ1v) is 5.70. The van der Waals surface area contributed by atoms with Crippen LogP contribution in [-0.4, -0.2) is 22.6 Å². The van der Waals surface area contributed by atoms with Gasteiger partial charge < -0.3 is 10.4 Å². The van der Waals surface area contributed by atoms with Gasteiger partial charge in [-0.25, -0.2) is 4.98 Å². The third-order valence-corrected chi connectivity index (χ3v) is 2.80. The standard InChI is InChI=1S/C12H16N2O2/c15-11(16)4-2-1-3-10-6-5-9-7-8-13-12(9)14-10/h5-6H,1-4,7-8H2,(H,13,14)(H,15,16). The van der Waals surface area contributed by atoms with E-state index in [1.54, 1.807) is 0 Å². The maximum absolute atomic E-state index is 10.3. The Morgan fingerprint density at radius 2 is 2.31 bits per heavy atom. The van der Waals surface area contributed by atoms with Crippen LogP contribution < -0.4 is 5.32 Å². The van der Waals surface area contributed by atoms with E-state index in [-0.39, 0.29) is 6.42 Å². The highest BCUT2D eigenvalue weighted by Gasteiger charge is 2.11. The number of aliphatic carboxylic acids is 1. The Hall–Kier alpha value is -1.58. The van der Waals surface area contributed by atoms with Crippen LogP contribution in [0.25, 0.3) is 0 Å². The second-order valence-corrected chi connectivity index (χ2v) is 4.09. The second kappa shape index (κ2) is 4.96. The van der Waals surface area contributed by atoms with E-state index in [1.807, 2.05) is 6.07 Å². The Bertz CT molecular complexity index is 391. The van der Waals surface area contributed by atoms with Crippen molar-refractivity contribution in [1.82, 2.24) is 4.98 Å². The number of hydrogen-bond acceptors (Lipinski definition) is 3. The Balaban J connectivity index is 1.83. The summed E-state index contributed by atoms with van der Waals surface area (Å²) in [6, 6.07) is 4.17. The van der Waals surface area contributed by atoms with Crippen LogP contribution in [0.3, 0.4) is 0 Å². The van der Waals surface area contributed by atoms with Gasteiger partial charge in [0.2, 0.25) is 0 Å². The van der Waals surface area contributed by atoms with Gasteiger partial charge in [0.1, 0.15) is 5.82 Å². The van der Waals surface area contributed by atoms with Crippen molar-refractivity contribution in [2.24, 2.45) is 0 Å². The summed E-state index contributed by atoms with van der Waals surface area (Å²) in [5.41, 5.74) is 2.34. The Kier molecular flexibility index (Phi) is 3.39. The molecule has 2 N–H and O–H groups in total. The van der Waals surface area contributed by atoms with E-state index >= 15 is 0 Å². The lowest BCUT2D eigenvalue weighted by Crippen LogP contribution is -1.98. The van der Waals surface area contributed by atoms with Crippen LogP contribution in [0, 0.1) is 0 Å². The lowest BCUT2D eigenvalue weighted by atomic mass is 10.1. The maximum Gasteiger partial charge on any atom is 0.303 e. The van der Waals surface area contributed by atoms with Gasteiger partial charge in [0, 0.05) is 18.7 Å². The smallest absolute Gasteiger partial charge is 0.303 e. The zero-order valence-corrected chi connectivity index (χ0v) is 9.20. The fraction of sp³-hybridized carbons (Fsp3) is 0.500. The van der Waals surface area contributed by atoms with E-state index < -0.39 is 5.97 Å².